The molecule has 1 aliphatic rings. The van der Waals surface area contributed by atoms with Crippen molar-refractivity contribution >= 4 is 23.4 Å². The predicted octanol–water partition coefficient (Wildman–Crippen LogP) is 3.54. The zero-order chi connectivity index (χ0) is 20.8. The number of ether oxygens (including phenoxy) is 3. The van der Waals surface area contributed by atoms with Gasteiger partial charge >= 0.3 is 0 Å². The van der Waals surface area contributed by atoms with E-state index in [2.05, 4.69) is 11.0 Å². The van der Waals surface area contributed by atoms with Crippen LogP contribution in [0.4, 0.5) is 5.69 Å². The Labute approximate surface area is 176 Å². The minimum Gasteiger partial charge on any atom is -0.495 e. The Morgan fingerprint density at radius 2 is 1.55 bits per heavy atom. The molecule has 3 rings (SSSR count). The molecular weight excluding hydrogens is 388 g/mol. The van der Waals surface area contributed by atoms with Gasteiger partial charge in [0.25, 0.3) is 0 Å². The van der Waals surface area contributed by atoms with Crippen molar-refractivity contribution in [1.82, 2.24) is 4.90 Å². The second-order valence-corrected chi connectivity index (χ2v) is 8.18. The van der Waals surface area contributed by atoms with Gasteiger partial charge in [0.05, 0.1) is 32.3 Å². The number of benzene rings is 2. The first-order valence-electron chi connectivity index (χ1n) is 9.62. The van der Waals surface area contributed by atoms with E-state index in [1.807, 2.05) is 48.2 Å². The van der Waals surface area contributed by atoms with Crippen molar-refractivity contribution in [2.75, 3.05) is 52.4 Å². The van der Waals surface area contributed by atoms with Crippen molar-refractivity contribution in [3.63, 3.8) is 0 Å². The minimum absolute atomic E-state index is 0.157. The summed E-state index contributed by atoms with van der Waals surface area (Å²) in [5, 5.41) is -0.175. The van der Waals surface area contributed by atoms with Crippen LogP contribution in [-0.2, 0) is 4.79 Å². The van der Waals surface area contributed by atoms with Gasteiger partial charge in [-0.2, -0.15) is 0 Å². The van der Waals surface area contributed by atoms with Gasteiger partial charge in [-0.15, -0.1) is 11.8 Å². The normalized spacial score (nSPS) is 15.0. The lowest BCUT2D eigenvalue weighted by molar-refractivity contribution is -0.130. The smallest absolute Gasteiger partial charge is 0.235 e. The summed E-state index contributed by atoms with van der Waals surface area (Å²) in [5.41, 5.74) is 1.08. The molecule has 2 aromatic carbocycles. The molecule has 1 amide bonds. The highest BCUT2D eigenvalue weighted by atomic mass is 32.2. The Morgan fingerprint density at radius 3 is 2.21 bits per heavy atom. The van der Waals surface area contributed by atoms with Gasteiger partial charge in [-0.3, -0.25) is 4.79 Å². The second kappa shape index (κ2) is 9.78. The van der Waals surface area contributed by atoms with Crippen LogP contribution < -0.4 is 19.1 Å². The van der Waals surface area contributed by atoms with Crippen molar-refractivity contribution in [2.24, 2.45) is 0 Å². The van der Waals surface area contributed by atoms with Crippen LogP contribution in [0.1, 0.15) is 6.92 Å². The molecule has 1 saturated heterocycles. The van der Waals surface area contributed by atoms with Gasteiger partial charge in [-0.1, -0.05) is 12.1 Å². The van der Waals surface area contributed by atoms with E-state index in [4.69, 9.17) is 14.2 Å². The highest BCUT2D eigenvalue weighted by Crippen LogP contribution is 2.34. The van der Waals surface area contributed by atoms with Crippen molar-refractivity contribution in [2.45, 2.75) is 17.1 Å². The molecule has 0 radical (unpaired) electrons. The van der Waals surface area contributed by atoms with Crippen LogP contribution in [0.3, 0.4) is 0 Å². The molecule has 2 aromatic rings. The van der Waals surface area contributed by atoms with Gasteiger partial charge in [-0.25, -0.2) is 0 Å². The maximum absolute atomic E-state index is 13.0. The molecule has 0 N–H and O–H groups in total. The quantitative estimate of drug-likeness (QED) is 0.644. The lowest BCUT2D eigenvalue weighted by Gasteiger charge is -2.37. The van der Waals surface area contributed by atoms with Crippen LogP contribution in [0.25, 0.3) is 0 Å². The topological polar surface area (TPSA) is 51.2 Å². The first-order chi connectivity index (χ1) is 14.1. The first kappa shape index (κ1) is 21.2. The van der Waals surface area contributed by atoms with Gasteiger partial charge < -0.3 is 24.0 Å². The second-order valence-electron chi connectivity index (χ2n) is 6.76. The third-order valence-electron chi connectivity index (χ3n) is 5.03. The van der Waals surface area contributed by atoms with E-state index in [-0.39, 0.29) is 11.2 Å². The average molecular weight is 417 g/mol. The lowest BCUT2D eigenvalue weighted by Crippen LogP contribution is -2.50. The highest BCUT2D eigenvalue weighted by molar-refractivity contribution is 8.00. The van der Waals surface area contributed by atoms with E-state index in [1.54, 1.807) is 21.3 Å². The van der Waals surface area contributed by atoms with E-state index in [9.17, 15) is 4.79 Å². The number of para-hydroxylation sites is 2. The van der Waals surface area contributed by atoms with Crippen molar-refractivity contribution in [1.29, 1.82) is 0 Å². The van der Waals surface area contributed by atoms with Crippen molar-refractivity contribution in [3.05, 3.63) is 42.5 Å². The fourth-order valence-electron chi connectivity index (χ4n) is 3.46. The number of thioether (sulfide) groups is 1. The van der Waals surface area contributed by atoms with Gasteiger partial charge in [0, 0.05) is 31.1 Å². The molecule has 0 unspecified atom stereocenters. The van der Waals surface area contributed by atoms with Crippen LogP contribution >= 0.6 is 11.8 Å². The first-order valence-corrected chi connectivity index (χ1v) is 10.5. The fraction of sp³-hybridized carbons (Fsp3) is 0.409. The summed E-state index contributed by atoms with van der Waals surface area (Å²) in [4.78, 5) is 18.2. The molecule has 7 heteroatoms. The molecule has 1 atom stereocenters. The zero-order valence-corrected chi connectivity index (χ0v) is 18.2. The molecule has 156 valence electrons. The molecule has 1 heterocycles. The number of methoxy groups -OCH3 is 3. The molecule has 6 nitrogen and oxygen atoms in total. The highest BCUT2D eigenvalue weighted by Gasteiger charge is 2.26. The summed E-state index contributed by atoms with van der Waals surface area (Å²) in [6, 6.07) is 13.7. The van der Waals surface area contributed by atoms with E-state index in [0.717, 1.165) is 29.4 Å². The third kappa shape index (κ3) is 4.90. The Bertz CT molecular complexity index is 837. The molecule has 0 aromatic heterocycles. The van der Waals surface area contributed by atoms with Crippen LogP contribution in [0.2, 0.25) is 0 Å². The number of anilines is 1. The maximum atomic E-state index is 13.0. The maximum Gasteiger partial charge on any atom is 0.235 e. The third-order valence-corrected chi connectivity index (χ3v) is 6.11. The largest absolute Gasteiger partial charge is 0.495 e. The Balaban J connectivity index is 1.59. The number of piperazine rings is 1. The molecule has 1 aliphatic heterocycles. The number of amides is 1. The Kier molecular flexibility index (Phi) is 7.14. The van der Waals surface area contributed by atoms with E-state index in [1.165, 1.54) is 11.8 Å². The molecular formula is C22H28N2O4S. The lowest BCUT2D eigenvalue weighted by atomic mass is 10.2. The zero-order valence-electron chi connectivity index (χ0n) is 17.4. The van der Waals surface area contributed by atoms with Gasteiger partial charge in [-0.05, 0) is 37.3 Å². The Hall–Kier alpha value is -2.54. The molecule has 1 fully saturated rings. The standard InChI is InChI=1S/C22H28N2O4S/c1-16(29-17-9-10-20(27-3)21(15-17)28-4)22(25)24-13-11-23(12-14-24)18-7-5-6-8-19(18)26-2/h5-10,15-16H,11-14H2,1-4H3/t16-/m1/s1. The SMILES string of the molecule is COc1ccc(S[C@H](C)C(=O)N2CCN(c3ccccc3OC)CC2)cc1OC. The van der Waals surface area contributed by atoms with E-state index < -0.39 is 0 Å². The monoisotopic (exact) mass is 416 g/mol. The van der Waals surface area contributed by atoms with E-state index >= 15 is 0 Å². The summed E-state index contributed by atoms with van der Waals surface area (Å²) >= 11 is 1.54. The minimum atomic E-state index is -0.175. The van der Waals surface area contributed by atoms with Crippen LogP contribution in [0.5, 0.6) is 17.2 Å². The van der Waals surface area contributed by atoms with Crippen LogP contribution in [0.15, 0.2) is 47.4 Å². The number of rotatable bonds is 7. The predicted molar refractivity (Wildman–Crippen MR) is 117 cm³/mol. The van der Waals surface area contributed by atoms with Gasteiger partial charge in [0.15, 0.2) is 11.5 Å². The molecule has 0 bridgehead atoms. The number of hydrogen-bond acceptors (Lipinski definition) is 6. The number of carbonyl (C=O) groups excluding carboxylic acids is 1. The Morgan fingerprint density at radius 1 is 0.897 bits per heavy atom. The fourth-order valence-corrected chi connectivity index (χ4v) is 4.44. The van der Waals surface area contributed by atoms with Crippen molar-refractivity contribution < 1.29 is 19.0 Å². The summed E-state index contributed by atoms with van der Waals surface area (Å²) in [6.07, 6.45) is 0. The number of carbonyl (C=O) groups is 1. The molecule has 0 spiro atoms. The van der Waals surface area contributed by atoms with Crippen LogP contribution in [0, 0.1) is 0 Å². The van der Waals surface area contributed by atoms with Crippen LogP contribution in [-0.4, -0.2) is 63.6 Å². The average Bonchev–Trinajstić information content (AvgIpc) is 2.78. The van der Waals surface area contributed by atoms with Gasteiger partial charge in [0.2, 0.25) is 5.91 Å². The van der Waals surface area contributed by atoms with Gasteiger partial charge in [0.1, 0.15) is 5.75 Å². The van der Waals surface area contributed by atoms with E-state index in [0.29, 0.717) is 24.6 Å². The molecule has 0 aliphatic carbocycles. The number of hydrogen-bond donors (Lipinski definition) is 0. The summed E-state index contributed by atoms with van der Waals surface area (Å²) < 4.78 is 16.1. The van der Waals surface area contributed by atoms with Crippen molar-refractivity contribution in [3.8, 4) is 17.2 Å². The summed E-state index contributed by atoms with van der Waals surface area (Å²) in [7, 11) is 4.91. The summed E-state index contributed by atoms with van der Waals surface area (Å²) in [6.45, 7) is 4.94. The number of nitrogens with zero attached hydrogens (tertiary/aromatic N) is 2. The molecule has 29 heavy (non-hydrogen) atoms. The molecule has 0 saturated carbocycles. The summed E-state index contributed by atoms with van der Waals surface area (Å²) in [5.74, 6) is 2.37.